The van der Waals surface area contributed by atoms with Crippen LogP contribution >= 0.6 is 12.4 Å². The molecule has 180 valence electrons. The van der Waals surface area contributed by atoms with Gasteiger partial charge >= 0.3 is 6.36 Å². The molecule has 4 nitrogen and oxygen atoms in total. The third-order valence-electron chi connectivity index (χ3n) is 7.61. The molecular weight excluding hydrogens is 463 g/mol. The number of halogens is 4. The molecule has 4 fully saturated rings. The quantitative estimate of drug-likeness (QED) is 0.361. The van der Waals surface area contributed by atoms with E-state index in [2.05, 4.69) is 14.7 Å². The van der Waals surface area contributed by atoms with Crippen LogP contribution in [-0.4, -0.2) is 28.1 Å². The summed E-state index contributed by atoms with van der Waals surface area (Å²) in [5, 5.41) is 0. The van der Waals surface area contributed by atoms with Crippen molar-refractivity contribution >= 4 is 18.6 Å². The summed E-state index contributed by atoms with van der Waals surface area (Å²) in [5.41, 5.74) is 4.51. The number of alkyl halides is 3. The number of nitrogens with one attached hydrogen (secondary N) is 2. The molecule has 2 aromatic heterocycles. The molecule has 2 N–H and O–H groups in total. The molecule has 7 rings (SSSR count). The minimum Gasteiger partial charge on any atom is -0.406 e. The van der Waals surface area contributed by atoms with Gasteiger partial charge in [-0.25, -0.2) is 0 Å². The molecule has 0 radical (unpaired) electrons. The molecule has 0 spiro atoms. The van der Waals surface area contributed by atoms with Gasteiger partial charge in [-0.15, -0.1) is 25.6 Å². The fourth-order valence-corrected chi connectivity index (χ4v) is 6.71. The molecule has 34 heavy (non-hydrogen) atoms. The van der Waals surface area contributed by atoms with Crippen molar-refractivity contribution in [3.8, 4) is 28.3 Å². The normalized spacial score (nSPS) is 27.8. The average Bonchev–Trinajstić information content (AvgIpc) is 3.41. The molecule has 0 amide bonds. The van der Waals surface area contributed by atoms with Crippen molar-refractivity contribution < 1.29 is 17.9 Å². The van der Waals surface area contributed by atoms with Crippen molar-refractivity contribution in [2.24, 2.45) is 22.7 Å². The van der Waals surface area contributed by atoms with Crippen molar-refractivity contribution in [3.05, 3.63) is 54.4 Å². The number of ether oxygens (including phenoxy) is 1. The Hall–Kier alpha value is -2.67. The lowest BCUT2D eigenvalue weighted by Crippen LogP contribution is -2.49. The third kappa shape index (κ3) is 4.50. The van der Waals surface area contributed by atoms with Crippen LogP contribution in [0, 0.1) is 17.8 Å². The highest BCUT2D eigenvalue weighted by molar-refractivity contribution is 5.91. The first-order valence-corrected chi connectivity index (χ1v) is 11.6. The Balaban J connectivity index is 0.00000241. The topological polar surface area (TPSA) is 53.2 Å². The summed E-state index contributed by atoms with van der Waals surface area (Å²) in [6, 6.07) is 12.0. The van der Waals surface area contributed by atoms with E-state index in [1.165, 1.54) is 50.7 Å². The van der Waals surface area contributed by atoms with Crippen molar-refractivity contribution in [2.45, 2.75) is 50.4 Å². The summed E-state index contributed by atoms with van der Waals surface area (Å²) in [7, 11) is 0. The molecule has 8 heteroatoms. The molecule has 4 aliphatic rings. The van der Waals surface area contributed by atoms with Crippen molar-refractivity contribution in [1.82, 2.24) is 9.97 Å². The van der Waals surface area contributed by atoms with E-state index < -0.39 is 6.36 Å². The number of nitrogens with zero attached hydrogens (tertiary/aromatic N) is 1. The summed E-state index contributed by atoms with van der Waals surface area (Å²) in [6.07, 6.45) is 6.77. The smallest absolute Gasteiger partial charge is 0.406 e. The van der Waals surface area contributed by atoms with Crippen LogP contribution in [0.2, 0.25) is 0 Å². The summed E-state index contributed by atoms with van der Waals surface area (Å²) >= 11 is 0. The fourth-order valence-electron chi connectivity index (χ4n) is 6.71. The van der Waals surface area contributed by atoms with E-state index in [0.29, 0.717) is 0 Å². The third-order valence-corrected chi connectivity index (χ3v) is 7.61. The summed E-state index contributed by atoms with van der Waals surface area (Å²) in [4.78, 5) is 11.9. The van der Waals surface area contributed by atoms with Gasteiger partial charge in [0, 0.05) is 18.0 Å². The lowest BCUT2D eigenvalue weighted by atomic mass is 9.53. The molecule has 4 aliphatic carbocycles. The molecule has 0 unspecified atom stereocenters. The molecule has 3 aromatic rings. The number of benzene rings is 1. The molecule has 0 saturated heterocycles. The number of hydrogen-bond acceptors (Lipinski definition) is 2. The van der Waals surface area contributed by atoms with Crippen LogP contribution in [-0.2, 0) is 0 Å². The van der Waals surface area contributed by atoms with Crippen LogP contribution in [0.25, 0.3) is 22.5 Å². The Morgan fingerprint density at radius 3 is 2.15 bits per heavy atom. The molecule has 2 heterocycles. The lowest BCUT2D eigenvalue weighted by molar-refractivity contribution is -0.274. The van der Waals surface area contributed by atoms with Crippen LogP contribution in [0.4, 0.5) is 13.2 Å². The van der Waals surface area contributed by atoms with E-state index in [9.17, 15) is 13.2 Å². The first-order chi connectivity index (χ1) is 15.8. The van der Waals surface area contributed by atoms with Crippen molar-refractivity contribution in [3.63, 3.8) is 0 Å². The zero-order valence-corrected chi connectivity index (χ0v) is 19.4. The highest BCUT2D eigenvalue weighted by Gasteiger charge is 2.50. The summed E-state index contributed by atoms with van der Waals surface area (Å²) in [6.45, 7) is 0. The first kappa shape index (κ1) is 23.1. The SMILES string of the molecule is Cl.FC(F)(F)Oc1ccc(-c2cc(-c3ccc[nH]3)[nH]c2C=NC23CC4CC(CC(C4)C2)C3)cc1. The number of hydrogen-bond donors (Lipinski definition) is 2. The fraction of sp³-hybridized carbons (Fsp3) is 0.423. The van der Waals surface area contributed by atoms with Crippen molar-refractivity contribution in [1.29, 1.82) is 0 Å². The van der Waals surface area contributed by atoms with Crippen LogP contribution in [0.15, 0.2) is 53.7 Å². The second-order valence-corrected chi connectivity index (χ2v) is 10.1. The van der Waals surface area contributed by atoms with Crippen LogP contribution in [0.3, 0.4) is 0 Å². The number of aliphatic imine (C=N–C) groups is 1. The summed E-state index contributed by atoms with van der Waals surface area (Å²) in [5.74, 6) is 2.21. The Morgan fingerprint density at radius 1 is 0.941 bits per heavy atom. The van der Waals surface area contributed by atoms with E-state index in [-0.39, 0.29) is 23.7 Å². The van der Waals surface area contributed by atoms with Gasteiger partial charge in [-0.05, 0) is 92.2 Å². The molecule has 1 aromatic carbocycles. The van der Waals surface area contributed by atoms with Gasteiger partial charge in [-0.3, -0.25) is 4.99 Å². The monoisotopic (exact) mass is 489 g/mol. The maximum atomic E-state index is 12.6. The molecule has 4 bridgehead atoms. The van der Waals surface area contributed by atoms with Gasteiger partial charge in [0.2, 0.25) is 0 Å². The highest BCUT2D eigenvalue weighted by atomic mass is 35.5. The van der Waals surface area contributed by atoms with Gasteiger partial charge in [-0.2, -0.15) is 0 Å². The van der Waals surface area contributed by atoms with E-state index in [0.717, 1.165) is 46.0 Å². The predicted molar refractivity (Wildman–Crippen MR) is 128 cm³/mol. The van der Waals surface area contributed by atoms with E-state index >= 15 is 0 Å². The average molecular weight is 490 g/mol. The number of rotatable bonds is 5. The van der Waals surface area contributed by atoms with Gasteiger partial charge < -0.3 is 14.7 Å². The molecular formula is C26H27ClF3N3O. The van der Waals surface area contributed by atoms with Gasteiger partial charge in [0.05, 0.1) is 22.6 Å². The molecule has 0 atom stereocenters. The van der Waals surface area contributed by atoms with Gasteiger partial charge in [0.15, 0.2) is 0 Å². The Labute approximate surface area is 202 Å². The Morgan fingerprint density at radius 2 is 1.59 bits per heavy atom. The number of aromatic amines is 2. The van der Waals surface area contributed by atoms with E-state index in [1.807, 2.05) is 30.6 Å². The maximum absolute atomic E-state index is 12.6. The minimum atomic E-state index is -4.70. The van der Waals surface area contributed by atoms with Crippen LogP contribution in [0.1, 0.15) is 44.2 Å². The van der Waals surface area contributed by atoms with Gasteiger partial charge in [0.25, 0.3) is 0 Å². The van der Waals surface area contributed by atoms with Gasteiger partial charge in [-0.1, -0.05) is 12.1 Å². The second-order valence-electron chi connectivity index (χ2n) is 10.1. The minimum absolute atomic E-state index is 0. The maximum Gasteiger partial charge on any atom is 0.573 e. The zero-order chi connectivity index (χ0) is 22.6. The van der Waals surface area contributed by atoms with Crippen molar-refractivity contribution in [2.75, 3.05) is 0 Å². The summed E-state index contributed by atoms with van der Waals surface area (Å²) < 4.78 is 41.7. The molecule has 4 saturated carbocycles. The van der Waals surface area contributed by atoms with Gasteiger partial charge in [0.1, 0.15) is 5.75 Å². The largest absolute Gasteiger partial charge is 0.573 e. The zero-order valence-electron chi connectivity index (χ0n) is 18.6. The highest BCUT2D eigenvalue weighted by Crippen LogP contribution is 2.57. The first-order valence-electron chi connectivity index (χ1n) is 11.6. The Kier molecular flexibility index (Phi) is 5.79. The van der Waals surface area contributed by atoms with Crippen LogP contribution < -0.4 is 4.74 Å². The lowest BCUT2D eigenvalue weighted by Gasteiger charge is -2.54. The Bertz CT molecular complexity index is 1130. The van der Waals surface area contributed by atoms with E-state index in [1.54, 1.807) is 12.1 Å². The second kappa shape index (κ2) is 8.52. The number of H-pyrrole nitrogens is 2. The predicted octanol–water partition coefficient (Wildman–Crippen LogP) is 7.38. The van der Waals surface area contributed by atoms with Crippen LogP contribution in [0.5, 0.6) is 5.75 Å². The number of aromatic nitrogens is 2. The molecule has 0 aliphatic heterocycles. The van der Waals surface area contributed by atoms with E-state index in [4.69, 9.17) is 4.99 Å². The standard InChI is InChI=1S/C26H26F3N3O.ClH/c27-26(28,29)33-20-5-3-19(4-6-20)21-11-23(22-2-1-7-30-22)32-24(21)15-31-25-12-16-8-17(13-25)10-18(9-16)14-25;/h1-7,11,15-18,30,32H,8-10,12-14H2;1H.